The van der Waals surface area contributed by atoms with Crippen LogP contribution in [-0.4, -0.2) is 63.4 Å². The molecular formula is C19H34N4O4S. The standard InChI is InChI=1S/C19H34N4O4S/c1-7-25-16(26-8-2)15-20-21-17(22(15)6)28-13-14-10-9-11-23(12-14)18(24)27-19(3,4)5/h14,16H,7-13H2,1-6H3. The van der Waals surface area contributed by atoms with Crippen molar-refractivity contribution >= 4 is 17.9 Å². The van der Waals surface area contributed by atoms with E-state index >= 15 is 0 Å². The van der Waals surface area contributed by atoms with Gasteiger partial charge in [-0.2, -0.15) is 0 Å². The topological polar surface area (TPSA) is 78.7 Å². The molecule has 2 heterocycles. The van der Waals surface area contributed by atoms with Gasteiger partial charge in [0, 0.05) is 39.1 Å². The van der Waals surface area contributed by atoms with Crippen molar-refractivity contribution < 1.29 is 19.0 Å². The molecule has 8 nitrogen and oxygen atoms in total. The molecule has 1 aromatic rings. The van der Waals surface area contributed by atoms with E-state index in [1.165, 1.54) is 0 Å². The summed E-state index contributed by atoms with van der Waals surface area (Å²) in [4.78, 5) is 14.2. The van der Waals surface area contributed by atoms with Crippen LogP contribution in [0.2, 0.25) is 0 Å². The Kier molecular flexibility index (Phi) is 8.57. The highest BCUT2D eigenvalue weighted by molar-refractivity contribution is 7.99. The van der Waals surface area contributed by atoms with Crippen LogP contribution in [0.4, 0.5) is 4.79 Å². The number of thioether (sulfide) groups is 1. The normalized spacial score (nSPS) is 18.0. The summed E-state index contributed by atoms with van der Waals surface area (Å²) in [7, 11) is 1.93. The van der Waals surface area contributed by atoms with Crippen LogP contribution in [-0.2, 0) is 21.3 Å². The fourth-order valence-corrected chi connectivity index (χ4v) is 4.09. The Morgan fingerprint density at radius 3 is 2.54 bits per heavy atom. The Morgan fingerprint density at radius 2 is 1.93 bits per heavy atom. The Balaban J connectivity index is 1.92. The SMILES string of the molecule is CCOC(OCC)c1nnc(SCC2CCCN(C(=O)OC(C)(C)C)C2)n1C. The van der Waals surface area contributed by atoms with Crippen LogP contribution in [0.3, 0.4) is 0 Å². The van der Waals surface area contributed by atoms with Crippen molar-refractivity contribution in [1.29, 1.82) is 0 Å². The highest BCUT2D eigenvalue weighted by Crippen LogP contribution is 2.27. The van der Waals surface area contributed by atoms with Gasteiger partial charge in [-0.25, -0.2) is 4.79 Å². The lowest BCUT2D eigenvalue weighted by Crippen LogP contribution is -2.43. The van der Waals surface area contributed by atoms with Gasteiger partial charge < -0.3 is 23.7 Å². The van der Waals surface area contributed by atoms with Crippen molar-refractivity contribution in [3.63, 3.8) is 0 Å². The minimum atomic E-state index is -0.501. The summed E-state index contributed by atoms with van der Waals surface area (Å²) in [6.45, 7) is 12.1. The van der Waals surface area contributed by atoms with Crippen molar-refractivity contribution in [2.75, 3.05) is 32.1 Å². The zero-order valence-corrected chi connectivity index (χ0v) is 18.8. The van der Waals surface area contributed by atoms with E-state index in [1.807, 2.05) is 51.1 Å². The van der Waals surface area contributed by atoms with Gasteiger partial charge in [-0.05, 0) is 53.4 Å². The molecule has 0 N–H and O–H groups in total. The van der Waals surface area contributed by atoms with Gasteiger partial charge in [-0.15, -0.1) is 10.2 Å². The fraction of sp³-hybridized carbons (Fsp3) is 0.842. The average molecular weight is 415 g/mol. The number of nitrogens with zero attached hydrogens (tertiary/aromatic N) is 4. The lowest BCUT2D eigenvalue weighted by molar-refractivity contribution is -0.146. The number of aromatic nitrogens is 3. The van der Waals surface area contributed by atoms with E-state index in [9.17, 15) is 4.79 Å². The van der Waals surface area contributed by atoms with Gasteiger partial charge in [-0.3, -0.25) is 0 Å². The largest absolute Gasteiger partial charge is 0.444 e. The van der Waals surface area contributed by atoms with Gasteiger partial charge in [0.1, 0.15) is 5.60 Å². The molecule has 2 rings (SSSR count). The molecular weight excluding hydrogens is 380 g/mol. The molecule has 1 saturated heterocycles. The molecule has 0 bridgehead atoms. The summed E-state index contributed by atoms with van der Waals surface area (Å²) in [6.07, 6.45) is 1.36. The van der Waals surface area contributed by atoms with Crippen LogP contribution in [0.1, 0.15) is 59.6 Å². The number of amides is 1. The smallest absolute Gasteiger partial charge is 0.410 e. The summed E-state index contributed by atoms with van der Waals surface area (Å²) >= 11 is 1.65. The first-order valence-electron chi connectivity index (χ1n) is 9.98. The number of hydrogen-bond acceptors (Lipinski definition) is 7. The monoisotopic (exact) mass is 414 g/mol. The minimum absolute atomic E-state index is 0.223. The van der Waals surface area contributed by atoms with Crippen molar-refractivity contribution in [3.8, 4) is 0 Å². The van der Waals surface area contributed by atoms with Crippen LogP contribution in [0.25, 0.3) is 0 Å². The lowest BCUT2D eigenvalue weighted by atomic mass is 10.0. The molecule has 1 fully saturated rings. The third-order valence-electron chi connectivity index (χ3n) is 4.33. The van der Waals surface area contributed by atoms with Crippen molar-refractivity contribution in [2.24, 2.45) is 13.0 Å². The molecule has 0 aromatic carbocycles. The van der Waals surface area contributed by atoms with Crippen LogP contribution in [0.5, 0.6) is 0 Å². The Labute approximate surface area is 172 Å². The first-order chi connectivity index (χ1) is 13.2. The molecule has 1 unspecified atom stereocenters. The minimum Gasteiger partial charge on any atom is -0.444 e. The predicted molar refractivity (Wildman–Crippen MR) is 108 cm³/mol. The molecule has 1 atom stereocenters. The van der Waals surface area contributed by atoms with Gasteiger partial charge >= 0.3 is 6.09 Å². The number of hydrogen-bond donors (Lipinski definition) is 0. The van der Waals surface area contributed by atoms with Gasteiger partial charge in [0.05, 0.1) is 0 Å². The van der Waals surface area contributed by atoms with Crippen LogP contribution >= 0.6 is 11.8 Å². The molecule has 1 aliphatic rings. The third kappa shape index (κ3) is 6.63. The highest BCUT2D eigenvalue weighted by atomic mass is 32.2. The zero-order valence-electron chi connectivity index (χ0n) is 17.9. The molecule has 1 amide bonds. The quantitative estimate of drug-likeness (QED) is 0.475. The summed E-state index contributed by atoms with van der Waals surface area (Å²) in [5.74, 6) is 1.95. The van der Waals surface area contributed by atoms with Crippen LogP contribution < -0.4 is 0 Å². The second-order valence-electron chi connectivity index (χ2n) is 7.89. The molecule has 0 saturated carbocycles. The predicted octanol–water partition coefficient (Wildman–Crippen LogP) is 3.63. The van der Waals surface area contributed by atoms with E-state index in [2.05, 4.69) is 10.2 Å². The van der Waals surface area contributed by atoms with Crippen molar-refractivity contribution in [1.82, 2.24) is 19.7 Å². The first kappa shape index (κ1) is 23.0. The molecule has 1 aliphatic heterocycles. The summed E-state index contributed by atoms with van der Waals surface area (Å²) in [5.41, 5.74) is -0.467. The highest BCUT2D eigenvalue weighted by Gasteiger charge is 2.28. The van der Waals surface area contributed by atoms with Crippen molar-refractivity contribution in [3.05, 3.63) is 5.82 Å². The van der Waals surface area contributed by atoms with Gasteiger partial charge in [0.2, 0.25) is 6.29 Å². The number of ether oxygens (including phenoxy) is 3. The maximum absolute atomic E-state index is 12.3. The molecule has 9 heteroatoms. The van der Waals surface area contributed by atoms with Crippen molar-refractivity contribution in [2.45, 2.75) is 64.5 Å². The number of carbonyl (C=O) groups excluding carboxylic acids is 1. The van der Waals surface area contributed by atoms with E-state index in [0.29, 0.717) is 31.5 Å². The van der Waals surface area contributed by atoms with Gasteiger partial charge in [-0.1, -0.05) is 11.8 Å². The van der Waals surface area contributed by atoms with E-state index in [4.69, 9.17) is 14.2 Å². The molecule has 0 spiro atoms. The molecule has 0 radical (unpaired) electrons. The maximum Gasteiger partial charge on any atom is 0.410 e. The molecule has 1 aromatic heterocycles. The lowest BCUT2D eigenvalue weighted by Gasteiger charge is -2.34. The fourth-order valence-electron chi connectivity index (χ4n) is 3.04. The van der Waals surface area contributed by atoms with E-state index < -0.39 is 11.9 Å². The Morgan fingerprint density at radius 1 is 1.25 bits per heavy atom. The molecule has 28 heavy (non-hydrogen) atoms. The van der Waals surface area contributed by atoms with Gasteiger partial charge in [0.15, 0.2) is 11.0 Å². The van der Waals surface area contributed by atoms with E-state index in [0.717, 1.165) is 30.3 Å². The van der Waals surface area contributed by atoms with E-state index in [-0.39, 0.29) is 6.09 Å². The summed E-state index contributed by atoms with van der Waals surface area (Å²) in [6, 6.07) is 0. The number of piperidine rings is 1. The van der Waals surface area contributed by atoms with E-state index in [1.54, 1.807) is 11.8 Å². The average Bonchev–Trinajstić information content (AvgIpc) is 2.99. The summed E-state index contributed by atoms with van der Waals surface area (Å²) in [5, 5.41) is 9.38. The first-order valence-corrected chi connectivity index (χ1v) is 11.0. The number of likely N-dealkylation sites (tertiary alicyclic amines) is 1. The summed E-state index contributed by atoms with van der Waals surface area (Å²) < 4.78 is 18.7. The van der Waals surface area contributed by atoms with Crippen LogP contribution in [0.15, 0.2) is 5.16 Å². The second kappa shape index (κ2) is 10.5. The Bertz CT molecular complexity index is 626. The van der Waals surface area contributed by atoms with Gasteiger partial charge in [0.25, 0.3) is 0 Å². The third-order valence-corrected chi connectivity index (χ3v) is 5.59. The molecule has 0 aliphatic carbocycles. The number of rotatable bonds is 8. The second-order valence-corrected chi connectivity index (χ2v) is 8.88. The maximum atomic E-state index is 12.3. The molecule has 160 valence electrons. The zero-order chi connectivity index (χ0) is 20.7. The van der Waals surface area contributed by atoms with Crippen LogP contribution in [0, 0.1) is 5.92 Å². The number of carbonyl (C=O) groups is 1. The Hall–Kier alpha value is -1.32.